The second-order valence-electron chi connectivity index (χ2n) is 5.49. The van der Waals surface area contributed by atoms with Gasteiger partial charge in [0.15, 0.2) is 0 Å². The maximum Gasteiger partial charge on any atom is 0.314 e. The molecule has 0 aliphatic heterocycles. The van der Waals surface area contributed by atoms with Gasteiger partial charge in [-0.1, -0.05) is 17.7 Å². The Bertz CT molecular complexity index is 453. The zero-order chi connectivity index (χ0) is 14.6. The van der Waals surface area contributed by atoms with E-state index >= 15 is 0 Å². The fourth-order valence-corrected chi connectivity index (χ4v) is 1.75. The number of carbonyl (C=O) groups is 1. The molecule has 0 aliphatic rings. The molecule has 106 valence electrons. The van der Waals surface area contributed by atoms with E-state index in [1.54, 1.807) is 13.8 Å². The average molecular weight is 265 g/mol. The zero-order valence-electron chi connectivity index (χ0n) is 12.3. The van der Waals surface area contributed by atoms with Crippen LogP contribution in [0, 0.1) is 12.3 Å². The lowest BCUT2D eigenvalue weighted by atomic mass is 9.95. The number of nitrogens with two attached hydrogens (primary N) is 1. The number of hydrogen-bond donors (Lipinski definition) is 1. The first kappa shape index (κ1) is 15.5. The Morgan fingerprint density at radius 3 is 2.58 bits per heavy atom. The second kappa shape index (κ2) is 6.06. The van der Waals surface area contributed by atoms with Gasteiger partial charge in [0.25, 0.3) is 0 Å². The van der Waals surface area contributed by atoms with E-state index in [1.807, 2.05) is 32.0 Å². The van der Waals surface area contributed by atoms with E-state index in [0.717, 1.165) is 16.9 Å². The summed E-state index contributed by atoms with van der Waals surface area (Å²) in [6.45, 7) is 7.75. The van der Waals surface area contributed by atoms with Crippen molar-refractivity contribution in [1.82, 2.24) is 0 Å². The van der Waals surface area contributed by atoms with Crippen LogP contribution in [0.1, 0.15) is 37.9 Å². The molecule has 4 heteroatoms. The predicted molar refractivity (Wildman–Crippen MR) is 75.1 cm³/mol. The summed E-state index contributed by atoms with van der Waals surface area (Å²) in [7, 11) is 1.38. The van der Waals surface area contributed by atoms with Crippen molar-refractivity contribution < 1.29 is 14.3 Å². The first-order valence-corrected chi connectivity index (χ1v) is 6.35. The summed E-state index contributed by atoms with van der Waals surface area (Å²) in [5.74, 6) is 0.430. The molecule has 0 saturated carbocycles. The highest BCUT2D eigenvalue weighted by atomic mass is 16.5. The summed E-state index contributed by atoms with van der Waals surface area (Å²) in [6, 6.07) is 5.75. The van der Waals surface area contributed by atoms with E-state index in [2.05, 4.69) is 0 Å². The highest BCUT2D eigenvalue weighted by molar-refractivity contribution is 5.75. The third-order valence-electron chi connectivity index (χ3n) is 2.98. The van der Waals surface area contributed by atoms with Gasteiger partial charge in [0.1, 0.15) is 12.4 Å². The molecule has 0 fully saturated rings. The molecule has 1 aromatic rings. The van der Waals surface area contributed by atoms with Crippen molar-refractivity contribution in [1.29, 1.82) is 0 Å². The van der Waals surface area contributed by atoms with Crippen LogP contribution in [0.3, 0.4) is 0 Å². The molecule has 0 bridgehead atoms. The molecule has 0 aromatic heterocycles. The molecule has 0 amide bonds. The lowest BCUT2D eigenvalue weighted by Crippen LogP contribution is -2.32. The molecule has 19 heavy (non-hydrogen) atoms. The van der Waals surface area contributed by atoms with Gasteiger partial charge in [-0.15, -0.1) is 0 Å². The molecule has 0 aliphatic carbocycles. The SMILES string of the molecule is COC(=O)C(C)(C)COc1ccc(C)cc1C(C)N. The fourth-order valence-electron chi connectivity index (χ4n) is 1.75. The summed E-state index contributed by atoms with van der Waals surface area (Å²) in [5, 5.41) is 0. The maximum absolute atomic E-state index is 11.6. The highest BCUT2D eigenvalue weighted by Crippen LogP contribution is 2.27. The van der Waals surface area contributed by atoms with Crippen molar-refractivity contribution in [2.24, 2.45) is 11.1 Å². The van der Waals surface area contributed by atoms with Crippen LogP contribution in [-0.2, 0) is 9.53 Å². The maximum atomic E-state index is 11.6. The van der Waals surface area contributed by atoms with Gasteiger partial charge in [-0.2, -0.15) is 0 Å². The number of hydrogen-bond acceptors (Lipinski definition) is 4. The van der Waals surface area contributed by atoms with Gasteiger partial charge in [-0.3, -0.25) is 4.79 Å². The summed E-state index contributed by atoms with van der Waals surface area (Å²) in [6.07, 6.45) is 0. The van der Waals surface area contributed by atoms with Gasteiger partial charge in [-0.05, 0) is 33.8 Å². The van der Waals surface area contributed by atoms with Crippen LogP contribution in [0.5, 0.6) is 5.75 Å². The fraction of sp³-hybridized carbons (Fsp3) is 0.533. The van der Waals surface area contributed by atoms with Crippen molar-refractivity contribution in [2.45, 2.75) is 33.7 Å². The van der Waals surface area contributed by atoms with Crippen molar-refractivity contribution in [3.8, 4) is 5.75 Å². The molecule has 0 saturated heterocycles. The van der Waals surface area contributed by atoms with E-state index in [4.69, 9.17) is 15.2 Å². The summed E-state index contributed by atoms with van der Waals surface area (Å²) in [4.78, 5) is 11.6. The summed E-state index contributed by atoms with van der Waals surface area (Å²) >= 11 is 0. The van der Waals surface area contributed by atoms with Gasteiger partial charge >= 0.3 is 5.97 Å². The van der Waals surface area contributed by atoms with Crippen molar-refractivity contribution in [3.05, 3.63) is 29.3 Å². The second-order valence-corrected chi connectivity index (χ2v) is 5.49. The Morgan fingerprint density at radius 1 is 1.42 bits per heavy atom. The molecule has 1 aromatic carbocycles. The topological polar surface area (TPSA) is 61.5 Å². The Balaban J connectivity index is 2.86. The first-order chi connectivity index (χ1) is 8.77. The number of ether oxygens (including phenoxy) is 2. The minimum atomic E-state index is -0.686. The van der Waals surface area contributed by atoms with Crippen LogP contribution in [0.4, 0.5) is 0 Å². The van der Waals surface area contributed by atoms with Crippen LogP contribution >= 0.6 is 0 Å². The van der Waals surface area contributed by atoms with Crippen molar-refractivity contribution in [3.63, 3.8) is 0 Å². The number of carbonyl (C=O) groups excluding carboxylic acids is 1. The Hall–Kier alpha value is -1.55. The molecular weight excluding hydrogens is 242 g/mol. The first-order valence-electron chi connectivity index (χ1n) is 6.35. The highest BCUT2D eigenvalue weighted by Gasteiger charge is 2.30. The molecule has 2 N–H and O–H groups in total. The van der Waals surface area contributed by atoms with Gasteiger partial charge < -0.3 is 15.2 Å². The predicted octanol–water partition coefficient (Wildman–Crippen LogP) is 2.59. The van der Waals surface area contributed by atoms with Crippen LogP contribution < -0.4 is 10.5 Å². The largest absolute Gasteiger partial charge is 0.492 e. The van der Waals surface area contributed by atoms with Gasteiger partial charge in [0.2, 0.25) is 0 Å². The lowest BCUT2D eigenvalue weighted by Gasteiger charge is -2.23. The van der Waals surface area contributed by atoms with Crippen LogP contribution in [-0.4, -0.2) is 19.7 Å². The minimum Gasteiger partial charge on any atom is -0.492 e. The monoisotopic (exact) mass is 265 g/mol. The van der Waals surface area contributed by atoms with E-state index < -0.39 is 5.41 Å². The van der Waals surface area contributed by atoms with Gasteiger partial charge in [-0.25, -0.2) is 0 Å². The Morgan fingerprint density at radius 2 is 2.05 bits per heavy atom. The molecule has 1 unspecified atom stereocenters. The molecule has 0 radical (unpaired) electrons. The molecule has 1 atom stereocenters. The van der Waals surface area contributed by atoms with E-state index in [-0.39, 0.29) is 18.6 Å². The summed E-state index contributed by atoms with van der Waals surface area (Å²) in [5.41, 5.74) is 7.33. The molecule has 4 nitrogen and oxygen atoms in total. The molecule has 0 heterocycles. The Kier molecular flexibility index (Phi) is 4.95. The standard InChI is InChI=1S/C15H23NO3/c1-10-6-7-13(12(8-10)11(2)16)19-9-15(3,4)14(17)18-5/h6-8,11H,9,16H2,1-5H3. The van der Waals surface area contributed by atoms with E-state index in [9.17, 15) is 4.79 Å². The van der Waals surface area contributed by atoms with Crippen molar-refractivity contribution >= 4 is 5.97 Å². The molecular formula is C15H23NO3. The van der Waals surface area contributed by atoms with Gasteiger partial charge in [0.05, 0.1) is 12.5 Å². The van der Waals surface area contributed by atoms with Crippen molar-refractivity contribution in [2.75, 3.05) is 13.7 Å². The number of methoxy groups -OCH3 is 1. The van der Waals surface area contributed by atoms with Crippen LogP contribution in [0.15, 0.2) is 18.2 Å². The lowest BCUT2D eigenvalue weighted by molar-refractivity contribution is -0.152. The summed E-state index contributed by atoms with van der Waals surface area (Å²) < 4.78 is 10.5. The van der Waals surface area contributed by atoms with E-state index in [0.29, 0.717) is 0 Å². The molecule has 0 spiro atoms. The normalized spacial score (nSPS) is 12.9. The number of aryl methyl sites for hydroxylation is 1. The molecule has 1 rings (SSSR count). The third-order valence-corrected chi connectivity index (χ3v) is 2.98. The average Bonchev–Trinajstić information content (AvgIpc) is 2.36. The third kappa shape index (κ3) is 3.96. The van der Waals surface area contributed by atoms with Gasteiger partial charge in [0, 0.05) is 11.6 Å². The van der Waals surface area contributed by atoms with E-state index in [1.165, 1.54) is 7.11 Å². The smallest absolute Gasteiger partial charge is 0.314 e. The quantitative estimate of drug-likeness (QED) is 0.831. The Labute approximate surface area is 114 Å². The zero-order valence-corrected chi connectivity index (χ0v) is 12.3. The van der Waals surface area contributed by atoms with Crippen LogP contribution in [0.2, 0.25) is 0 Å². The minimum absolute atomic E-state index is 0.115. The number of rotatable bonds is 5. The number of esters is 1. The number of benzene rings is 1. The van der Waals surface area contributed by atoms with Crippen LogP contribution in [0.25, 0.3) is 0 Å².